The molecule has 0 saturated heterocycles. The second-order valence-electron chi connectivity index (χ2n) is 2.33. The van der Waals surface area contributed by atoms with Gasteiger partial charge < -0.3 is 5.43 Å². The molecule has 2 radical (unpaired) electrons. The third-order valence-electron chi connectivity index (χ3n) is 1.51. The number of nitrogens with two attached hydrogens (primary N) is 1. The van der Waals surface area contributed by atoms with Crippen molar-refractivity contribution in [3.05, 3.63) is 23.5 Å². The number of hydrogen-bond acceptors (Lipinski definition) is 2. The van der Waals surface area contributed by atoms with E-state index in [1.165, 1.54) is 6.07 Å². The molecule has 0 spiro atoms. The van der Waals surface area contributed by atoms with Gasteiger partial charge in [0.05, 0.1) is 5.69 Å². The highest BCUT2D eigenvalue weighted by Crippen LogP contribution is 2.11. The Bertz CT molecular complexity index is 275. The monoisotopic (exact) mass is 150 g/mol. The van der Waals surface area contributed by atoms with Gasteiger partial charge in [0, 0.05) is 0 Å². The first kappa shape index (κ1) is 8.08. The highest BCUT2D eigenvalue weighted by atomic mass is 19.1. The van der Waals surface area contributed by atoms with Crippen LogP contribution in [0.1, 0.15) is 5.56 Å². The first-order valence-electron chi connectivity index (χ1n) is 3.17. The van der Waals surface area contributed by atoms with Crippen molar-refractivity contribution in [1.82, 2.24) is 0 Å². The molecule has 0 aromatic heterocycles. The molecule has 0 unspecified atom stereocenters. The Kier molecular flexibility index (Phi) is 2.15. The summed E-state index contributed by atoms with van der Waals surface area (Å²) in [6.07, 6.45) is 0. The Morgan fingerprint density at radius 2 is 2.18 bits per heavy atom. The summed E-state index contributed by atoms with van der Waals surface area (Å²) in [5.74, 6) is 4.60. The van der Waals surface area contributed by atoms with Crippen LogP contribution in [0.5, 0.6) is 0 Å². The molecule has 0 heterocycles. The van der Waals surface area contributed by atoms with Crippen molar-refractivity contribution in [2.45, 2.75) is 6.92 Å². The Morgan fingerprint density at radius 3 is 2.73 bits per heavy atom. The molecule has 0 atom stereocenters. The molecule has 0 bridgehead atoms. The SMILES string of the molecule is [B]c1cc(F)c(NN)cc1C. The molecule has 4 heteroatoms. The van der Waals surface area contributed by atoms with E-state index in [0.717, 1.165) is 5.56 Å². The first-order valence-corrected chi connectivity index (χ1v) is 3.17. The topological polar surface area (TPSA) is 38.0 Å². The van der Waals surface area contributed by atoms with Gasteiger partial charge in [-0.2, -0.15) is 0 Å². The van der Waals surface area contributed by atoms with Crippen molar-refractivity contribution in [3.63, 3.8) is 0 Å². The van der Waals surface area contributed by atoms with Gasteiger partial charge in [-0.05, 0) is 19.1 Å². The van der Waals surface area contributed by atoms with Crippen molar-refractivity contribution in [1.29, 1.82) is 0 Å². The normalized spacial score (nSPS) is 9.73. The molecule has 0 aliphatic rings. The molecule has 1 aromatic rings. The van der Waals surface area contributed by atoms with E-state index in [2.05, 4.69) is 5.43 Å². The zero-order valence-electron chi connectivity index (χ0n) is 6.19. The number of rotatable bonds is 1. The van der Waals surface area contributed by atoms with Crippen LogP contribution in [0.2, 0.25) is 0 Å². The Morgan fingerprint density at radius 1 is 1.55 bits per heavy atom. The van der Waals surface area contributed by atoms with Crippen molar-refractivity contribution < 1.29 is 4.39 Å². The Labute approximate surface area is 66.0 Å². The zero-order valence-corrected chi connectivity index (χ0v) is 6.19. The quantitative estimate of drug-likeness (QED) is 0.341. The van der Waals surface area contributed by atoms with Gasteiger partial charge in [0.15, 0.2) is 0 Å². The largest absolute Gasteiger partial charge is 0.321 e. The summed E-state index contributed by atoms with van der Waals surface area (Å²) in [7, 11) is 5.44. The number of aryl methyl sites for hydroxylation is 1. The molecular formula is C7H8BFN2. The summed E-state index contributed by atoms with van der Waals surface area (Å²) in [6.45, 7) is 1.79. The molecule has 0 aliphatic carbocycles. The number of benzene rings is 1. The number of nitrogens with one attached hydrogen (secondary N) is 1. The van der Waals surface area contributed by atoms with Crippen LogP contribution < -0.4 is 16.7 Å². The average Bonchev–Trinajstić information content (AvgIpc) is 1.97. The standard InChI is InChI=1S/C7H8BFN2/c1-4-2-7(11-10)6(9)3-5(4)8/h2-3,11H,10H2,1H3. The lowest BCUT2D eigenvalue weighted by Crippen LogP contribution is -2.14. The van der Waals surface area contributed by atoms with Crippen molar-refractivity contribution in [2.24, 2.45) is 5.84 Å². The molecule has 0 saturated carbocycles. The first-order chi connectivity index (χ1) is 5.15. The maximum absolute atomic E-state index is 12.8. The highest BCUT2D eigenvalue weighted by molar-refractivity contribution is 6.33. The third-order valence-corrected chi connectivity index (χ3v) is 1.51. The van der Waals surface area contributed by atoms with Crippen LogP contribution in [0.4, 0.5) is 10.1 Å². The molecule has 1 aromatic carbocycles. The highest BCUT2D eigenvalue weighted by Gasteiger charge is 2.01. The number of halogens is 1. The van der Waals surface area contributed by atoms with Crippen LogP contribution in [0.3, 0.4) is 0 Å². The third kappa shape index (κ3) is 1.52. The Balaban J connectivity index is 3.21. The van der Waals surface area contributed by atoms with E-state index < -0.39 is 5.82 Å². The minimum absolute atomic E-state index is 0.261. The second-order valence-corrected chi connectivity index (χ2v) is 2.33. The summed E-state index contributed by atoms with van der Waals surface area (Å²) in [4.78, 5) is 0. The summed E-state index contributed by atoms with van der Waals surface area (Å²) < 4.78 is 12.8. The molecule has 56 valence electrons. The lowest BCUT2D eigenvalue weighted by Gasteiger charge is -2.05. The predicted molar refractivity (Wildman–Crippen MR) is 44.3 cm³/mol. The van der Waals surface area contributed by atoms with E-state index in [1.54, 1.807) is 13.0 Å². The summed E-state index contributed by atoms with van der Waals surface area (Å²) in [5.41, 5.74) is 3.73. The van der Waals surface area contributed by atoms with Gasteiger partial charge in [-0.1, -0.05) is 11.0 Å². The van der Waals surface area contributed by atoms with Gasteiger partial charge in [0.25, 0.3) is 0 Å². The molecule has 0 fully saturated rings. The van der Waals surface area contributed by atoms with Crippen molar-refractivity contribution in [2.75, 3.05) is 5.43 Å². The van der Waals surface area contributed by atoms with Gasteiger partial charge >= 0.3 is 0 Å². The molecule has 3 N–H and O–H groups in total. The fourth-order valence-corrected chi connectivity index (χ4v) is 0.808. The van der Waals surface area contributed by atoms with Gasteiger partial charge in [0.1, 0.15) is 13.7 Å². The lowest BCUT2D eigenvalue weighted by atomic mass is 9.91. The van der Waals surface area contributed by atoms with E-state index in [0.29, 0.717) is 5.46 Å². The fraction of sp³-hybridized carbons (Fsp3) is 0.143. The molecule has 0 amide bonds. The zero-order chi connectivity index (χ0) is 8.43. The number of hydrogen-bond donors (Lipinski definition) is 2. The molecule has 11 heavy (non-hydrogen) atoms. The van der Waals surface area contributed by atoms with E-state index >= 15 is 0 Å². The van der Waals surface area contributed by atoms with Crippen molar-refractivity contribution >= 4 is 19.0 Å². The smallest absolute Gasteiger partial charge is 0.147 e. The van der Waals surface area contributed by atoms with E-state index in [4.69, 9.17) is 13.7 Å². The van der Waals surface area contributed by atoms with E-state index in [9.17, 15) is 4.39 Å². The molecule has 1 rings (SSSR count). The van der Waals surface area contributed by atoms with Crippen molar-refractivity contribution in [3.8, 4) is 0 Å². The van der Waals surface area contributed by atoms with E-state index in [1.807, 2.05) is 0 Å². The van der Waals surface area contributed by atoms with Gasteiger partial charge in [-0.25, -0.2) is 4.39 Å². The summed E-state index contributed by atoms with van der Waals surface area (Å²) in [5, 5.41) is 0. The van der Waals surface area contributed by atoms with Gasteiger partial charge in [0.2, 0.25) is 0 Å². The van der Waals surface area contributed by atoms with Crippen LogP contribution >= 0.6 is 0 Å². The number of anilines is 1. The minimum Gasteiger partial charge on any atom is -0.321 e. The number of nitrogen functional groups attached to an aromatic ring is 1. The van der Waals surface area contributed by atoms with Crippen LogP contribution in [0, 0.1) is 12.7 Å². The molecule has 2 nitrogen and oxygen atoms in total. The molecular weight excluding hydrogens is 142 g/mol. The minimum atomic E-state index is -0.435. The average molecular weight is 150 g/mol. The fourth-order valence-electron chi connectivity index (χ4n) is 0.808. The van der Waals surface area contributed by atoms with Gasteiger partial charge in [-0.3, -0.25) is 5.84 Å². The lowest BCUT2D eigenvalue weighted by molar-refractivity contribution is 0.631. The van der Waals surface area contributed by atoms with Crippen LogP contribution in [-0.4, -0.2) is 7.85 Å². The van der Waals surface area contributed by atoms with Crippen LogP contribution in [-0.2, 0) is 0 Å². The number of hydrazine groups is 1. The molecule has 0 aliphatic heterocycles. The summed E-state index contributed by atoms with van der Waals surface area (Å²) >= 11 is 0. The summed E-state index contributed by atoms with van der Waals surface area (Å²) in [6, 6.07) is 2.80. The maximum atomic E-state index is 12.8. The predicted octanol–water partition coefficient (Wildman–Crippen LogP) is 0.214. The Hall–Kier alpha value is -1.03. The maximum Gasteiger partial charge on any atom is 0.147 e. The van der Waals surface area contributed by atoms with E-state index in [-0.39, 0.29) is 5.69 Å². The van der Waals surface area contributed by atoms with Crippen LogP contribution in [0.15, 0.2) is 12.1 Å². The second kappa shape index (κ2) is 2.92. The van der Waals surface area contributed by atoms with Crippen LogP contribution in [0.25, 0.3) is 0 Å². The van der Waals surface area contributed by atoms with Gasteiger partial charge in [-0.15, -0.1) is 0 Å².